The molecule has 212 valence electrons. The van der Waals surface area contributed by atoms with Crippen molar-refractivity contribution in [3.8, 4) is 5.88 Å². The summed E-state index contributed by atoms with van der Waals surface area (Å²) in [6.45, 7) is 2.63. The minimum absolute atomic E-state index is 0.0675. The molecule has 1 N–H and O–H groups in total. The Labute approximate surface area is 233 Å². The third kappa shape index (κ3) is 10.2. The van der Waals surface area contributed by atoms with Gasteiger partial charge in [-0.05, 0) is 24.1 Å². The van der Waals surface area contributed by atoms with Gasteiger partial charge < -0.3 is 14.4 Å². The van der Waals surface area contributed by atoms with Gasteiger partial charge in [-0.3, -0.25) is 9.78 Å². The lowest BCUT2D eigenvalue weighted by atomic mass is 10.0. The van der Waals surface area contributed by atoms with Crippen LogP contribution in [0.15, 0.2) is 48.8 Å². The van der Waals surface area contributed by atoms with E-state index in [1.165, 1.54) is 77.0 Å². The van der Waals surface area contributed by atoms with Crippen molar-refractivity contribution in [2.45, 2.75) is 116 Å². The number of ketones is 1. The molecule has 1 aromatic carbocycles. The first-order chi connectivity index (χ1) is 19.1. The average Bonchev–Trinajstić information content (AvgIpc) is 3.23. The highest BCUT2D eigenvalue weighted by molar-refractivity contribution is 6.11. The second-order valence-electron chi connectivity index (χ2n) is 10.6. The highest BCUT2D eigenvalue weighted by atomic mass is 16.7. The number of unbranched alkanes of at least 4 members (excludes halogenated alkanes) is 14. The summed E-state index contributed by atoms with van der Waals surface area (Å²) in [5.41, 5.74) is 2.04. The average molecular weight is 535 g/mol. The number of hydrogen-bond donors (Lipinski definition) is 1. The summed E-state index contributed by atoms with van der Waals surface area (Å²) in [4.78, 5) is 29.1. The maximum absolute atomic E-state index is 13.4. The third-order valence-electron chi connectivity index (χ3n) is 7.46. The molecule has 0 spiro atoms. The van der Waals surface area contributed by atoms with E-state index in [1.807, 2.05) is 36.4 Å². The van der Waals surface area contributed by atoms with E-state index in [-0.39, 0.29) is 11.7 Å². The summed E-state index contributed by atoms with van der Waals surface area (Å²) in [7, 11) is 0. The Bertz CT molecular complexity index is 1140. The fraction of sp³-hybridized carbons (Fsp3) is 0.545. The van der Waals surface area contributed by atoms with Crippen LogP contribution in [-0.4, -0.2) is 26.6 Å². The minimum atomic E-state index is -1.42. The molecule has 3 aromatic rings. The Balaban J connectivity index is 1.45. The number of pyridine rings is 1. The van der Waals surface area contributed by atoms with Gasteiger partial charge in [0.15, 0.2) is 5.78 Å². The maximum atomic E-state index is 13.4. The molecule has 0 radical (unpaired) electrons. The van der Waals surface area contributed by atoms with E-state index in [0.29, 0.717) is 18.5 Å². The number of carbonyl (C=O) groups excluding carboxylic acids is 1. The van der Waals surface area contributed by atoms with E-state index in [4.69, 9.17) is 4.74 Å². The number of rotatable bonds is 20. The smallest absolute Gasteiger partial charge is 0.449 e. The van der Waals surface area contributed by atoms with Gasteiger partial charge in [0, 0.05) is 24.2 Å². The zero-order chi connectivity index (χ0) is 27.7. The SMILES string of the molecule is CCCCCCCCCCCCCCCCCC(=O)c1c(OC(=O)O)n(Cc2cccnc2)c2ccccc12. The number of aromatic nitrogens is 2. The molecule has 0 saturated carbocycles. The van der Waals surface area contributed by atoms with Crippen molar-refractivity contribution in [3.05, 3.63) is 59.9 Å². The molecule has 6 heteroatoms. The van der Waals surface area contributed by atoms with Gasteiger partial charge >= 0.3 is 6.16 Å². The number of benzene rings is 1. The van der Waals surface area contributed by atoms with Crippen molar-refractivity contribution in [1.29, 1.82) is 0 Å². The fourth-order valence-corrected chi connectivity index (χ4v) is 5.35. The lowest BCUT2D eigenvalue weighted by Gasteiger charge is -2.10. The van der Waals surface area contributed by atoms with Crippen LogP contribution in [0.3, 0.4) is 0 Å². The quantitative estimate of drug-likeness (QED) is 0.0886. The number of ether oxygens (including phenoxy) is 1. The van der Waals surface area contributed by atoms with Crippen molar-refractivity contribution in [3.63, 3.8) is 0 Å². The summed E-state index contributed by atoms with van der Waals surface area (Å²) in [6, 6.07) is 11.3. The lowest BCUT2D eigenvalue weighted by molar-refractivity contribution is 0.0975. The topological polar surface area (TPSA) is 81.4 Å². The van der Waals surface area contributed by atoms with Crippen molar-refractivity contribution in [2.24, 2.45) is 0 Å². The second kappa shape index (κ2) is 17.4. The third-order valence-corrected chi connectivity index (χ3v) is 7.46. The molecule has 2 aromatic heterocycles. The molecule has 0 amide bonds. The molecule has 0 saturated heterocycles. The standard InChI is InChI=1S/C33H46N2O4/c1-2-3-4-5-6-7-8-9-10-11-12-13-14-15-16-23-30(36)31-28-21-17-18-22-29(28)35(32(31)39-33(37)38)26-27-20-19-24-34-25-27/h17-22,24-25H,2-16,23,26H2,1H3,(H,37,38). The Morgan fingerprint density at radius 2 is 1.38 bits per heavy atom. The van der Waals surface area contributed by atoms with Gasteiger partial charge in [-0.25, -0.2) is 4.79 Å². The maximum Gasteiger partial charge on any atom is 0.512 e. The van der Waals surface area contributed by atoms with Crippen LogP contribution >= 0.6 is 0 Å². The number of carboxylic acid groups (broad SMARTS) is 1. The van der Waals surface area contributed by atoms with Crippen LogP contribution in [0.4, 0.5) is 4.79 Å². The number of hydrogen-bond acceptors (Lipinski definition) is 4. The zero-order valence-corrected chi connectivity index (χ0v) is 23.7. The largest absolute Gasteiger partial charge is 0.512 e. The molecule has 3 rings (SSSR count). The number of carbonyl (C=O) groups is 2. The Kier molecular flexibility index (Phi) is 13.6. The molecular formula is C33H46N2O4. The van der Waals surface area contributed by atoms with Crippen LogP contribution in [0.2, 0.25) is 0 Å². The van der Waals surface area contributed by atoms with Gasteiger partial charge in [0.05, 0.1) is 17.6 Å². The van der Waals surface area contributed by atoms with Gasteiger partial charge in [0.1, 0.15) is 0 Å². The zero-order valence-electron chi connectivity index (χ0n) is 23.7. The van der Waals surface area contributed by atoms with Crippen LogP contribution in [0.25, 0.3) is 10.9 Å². The molecule has 0 atom stereocenters. The molecule has 0 fully saturated rings. The first kappa shape index (κ1) is 30.4. The normalized spacial score (nSPS) is 11.2. The van der Waals surface area contributed by atoms with E-state index in [2.05, 4.69) is 11.9 Å². The van der Waals surface area contributed by atoms with E-state index < -0.39 is 6.16 Å². The van der Waals surface area contributed by atoms with Crippen molar-refractivity contribution in [1.82, 2.24) is 9.55 Å². The van der Waals surface area contributed by atoms with Crippen molar-refractivity contribution < 1.29 is 19.4 Å². The first-order valence-electron chi connectivity index (χ1n) is 15.1. The van der Waals surface area contributed by atoms with Gasteiger partial charge in [-0.15, -0.1) is 0 Å². The van der Waals surface area contributed by atoms with Crippen LogP contribution in [0, 0.1) is 0 Å². The highest BCUT2D eigenvalue weighted by Gasteiger charge is 2.25. The van der Waals surface area contributed by atoms with E-state index in [0.717, 1.165) is 35.7 Å². The highest BCUT2D eigenvalue weighted by Crippen LogP contribution is 2.34. The van der Waals surface area contributed by atoms with Crippen molar-refractivity contribution >= 4 is 22.8 Å². The Morgan fingerprint density at radius 3 is 1.95 bits per heavy atom. The second-order valence-corrected chi connectivity index (χ2v) is 10.6. The summed E-state index contributed by atoms with van der Waals surface area (Å²) in [5.74, 6) is 0.0283. The summed E-state index contributed by atoms with van der Waals surface area (Å²) in [6.07, 6.45) is 21.5. The van der Waals surface area contributed by atoms with Gasteiger partial charge in [-0.1, -0.05) is 121 Å². The monoisotopic (exact) mass is 534 g/mol. The minimum Gasteiger partial charge on any atom is -0.449 e. The molecule has 6 nitrogen and oxygen atoms in total. The summed E-state index contributed by atoms with van der Waals surface area (Å²) >= 11 is 0. The van der Waals surface area contributed by atoms with Gasteiger partial charge in [0.25, 0.3) is 0 Å². The summed E-state index contributed by atoms with van der Waals surface area (Å²) in [5, 5.41) is 10.2. The molecule has 0 aliphatic heterocycles. The molecule has 39 heavy (non-hydrogen) atoms. The molecule has 0 aliphatic rings. The molecule has 0 unspecified atom stereocenters. The number of nitrogens with zero attached hydrogens (tertiary/aromatic N) is 2. The van der Waals surface area contributed by atoms with Gasteiger partial charge in [0.2, 0.25) is 5.88 Å². The fourth-order valence-electron chi connectivity index (χ4n) is 5.35. The molecule has 2 heterocycles. The van der Waals surface area contributed by atoms with E-state index in [1.54, 1.807) is 17.0 Å². The number of fused-ring (bicyclic) bond motifs is 1. The molecule has 0 aliphatic carbocycles. The van der Waals surface area contributed by atoms with Crippen LogP contribution < -0.4 is 4.74 Å². The molecule has 0 bridgehead atoms. The van der Waals surface area contributed by atoms with E-state index in [9.17, 15) is 14.7 Å². The summed E-state index contributed by atoms with van der Waals surface area (Å²) < 4.78 is 6.99. The molecular weight excluding hydrogens is 488 g/mol. The Morgan fingerprint density at radius 1 is 0.795 bits per heavy atom. The lowest BCUT2D eigenvalue weighted by Crippen LogP contribution is -2.12. The number of Topliss-reactive ketones (excluding diaryl/α,β-unsaturated/α-hetero) is 1. The van der Waals surface area contributed by atoms with Crippen LogP contribution in [0.1, 0.15) is 126 Å². The first-order valence-corrected chi connectivity index (χ1v) is 15.1. The predicted octanol–water partition coefficient (Wildman–Crippen LogP) is 9.59. The van der Waals surface area contributed by atoms with Crippen LogP contribution in [-0.2, 0) is 6.54 Å². The number of para-hydroxylation sites is 1. The van der Waals surface area contributed by atoms with Crippen LogP contribution in [0.5, 0.6) is 5.88 Å². The predicted molar refractivity (Wildman–Crippen MR) is 158 cm³/mol. The Hall–Kier alpha value is -3.15. The van der Waals surface area contributed by atoms with Gasteiger partial charge in [-0.2, -0.15) is 0 Å². The van der Waals surface area contributed by atoms with E-state index >= 15 is 0 Å². The van der Waals surface area contributed by atoms with Crippen molar-refractivity contribution in [2.75, 3.05) is 0 Å².